The molecule has 0 bridgehead atoms. The zero-order valence-electron chi connectivity index (χ0n) is 18.9. The molecule has 0 aliphatic carbocycles. The van der Waals surface area contributed by atoms with Crippen molar-refractivity contribution in [1.29, 1.82) is 0 Å². The van der Waals surface area contributed by atoms with Crippen LogP contribution in [0.3, 0.4) is 0 Å². The Morgan fingerprint density at radius 3 is 2.50 bits per heavy atom. The number of carbonyl (C=O) groups is 1. The summed E-state index contributed by atoms with van der Waals surface area (Å²) >= 11 is 0. The number of ether oxygens (including phenoxy) is 4. The molecule has 2 heterocycles. The Morgan fingerprint density at radius 1 is 1.00 bits per heavy atom. The first-order chi connectivity index (χ1) is 15.6. The highest BCUT2D eigenvalue weighted by Gasteiger charge is 2.32. The van der Waals surface area contributed by atoms with E-state index in [0.29, 0.717) is 24.1 Å². The van der Waals surface area contributed by atoms with Crippen molar-refractivity contribution in [3.8, 4) is 17.2 Å². The summed E-state index contributed by atoms with van der Waals surface area (Å²) in [5.74, 6) is 1.73. The molecule has 0 N–H and O–H groups in total. The van der Waals surface area contributed by atoms with Crippen molar-refractivity contribution in [2.24, 2.45) is 0 Å². The van der Waals surface area contributed by atoms with E-state index in [-0.39, 0.29) is 12.6 Å². The molecule has 2 aliphatic rings. The van der Waals surface area contributed by atoms with Crippen LogP contribution in [-0.2, 0) is 22.5 Å². The molecule has 168 valence electrons. The van der Waals surface area contributed by atoms with Crippen molar-refractivity contribution in [3.63, 3.8) is 0 Å². The summed E-state index contributed by atoms with van der Waals surface area (Å²) in [5, 5.41) is 4.65. The van der Waals surface area contributed by atoms with Crippen LogP contribution in [-0.4, -0.2) is 50.9 Å². The maximum absolute atomic E-state index is 11.8. The van der Waals surface area contributed by atoms with Crippen LogP contribution in [0.25, 0.3) is 21.5 Å². The zero-order chi connectivity index (χ0) is 22.2. The summed E-state index contributed by atoms with van der Waals surface area (Å²) in [4.78, 5) is 14.4. The minimum absolute atomic E-state index is 0.102. The SMILES string of the molecule is CCOC(=O)COc1ccc2c3c(c4cc(OC)c(OC)cc4c2c1)C[C@@H]1CCCN1C3. The number of nitrogens with zero attached hydrogens (tertiary/aromatic N) is 1. The molecule has 0 radical (unpaired) electrons. The van der Waals surface area contributed by atoms with Gasteiger partial charge in [0.25, 0.3) is 0 Å². The van der Waals surface area contributed by atoms with Gasteiger partial charge in [-0.25, -0.2) is 4.79 Å². The predicted octanol–water partition coefficient (Wildman–Crippen LogP) is 4.47. The van der Waals surface area contributed by atoms with Crippen LogP contribution in [0, 0.1) is 0 Å². The molecule has 0 saturated carbocycles. The van der Waals surface area contributed by atoms with Gasteiger partial charge in [0.2, 0.25) is 0 Å². The molecule has 2 aliphatic heterocycles. The predicted molar refractivity (Wildman–Crippen MR) is 124 cm³/mol. The van der Waals surface area contributed by atoms with Gasteiger partial charge in [0.05, 0.1) is 20.8 Å². The highest BCUT2D eigenvalue weighted by molar-refractivity contribution is 6.12. The second kappa shape index (κ2) is 8.51. The van der Waals surface area contributed by atoms with Gasteiger partial charge in [-0.15, -0.1) is 0 Å². The number of esters is 1. The van der Waals surface area contributed by atoms with E-state index in [4.69, 9.17) is 18.9 Å². The monoisotopic (exact) mass is 435 g/mol. The maximum Gasteiger partial charge on any atom is 0.344 e. The third kappa shape index (κ3) is 3.52. The smallest absolute Gasteiger partial charge is 0.344 e. The molecule has 5 rings (SSSR count). The normalized spacial score (nSPS) is 17.8. The van der Waals surface area contributed by atoms with Crippen LogP contribution in [0.5, 0.6) is 17.2 Å². The van der Waals surface area contributed by atoms with Crippen molar-refractivity contribution >= 4 is 27.5 Å². The third-order valence-corrected chi connectivity index (χ3v) is 6.78. The molecule has 1 atom stereocenters. The Labute approximate surface area is 188 Å². The van der Waals surface area contributed by atoms with Crippen molar-refractivity contribution < 1.29 is 23.7 Å². The fraction of sp³-hybridized carbons (Fsp3) is 0.423. The summed E-state index contributed by atoms with van der Waals surface area (Å²) in [6, 6.07) is 10.9. The van der Waals surface area contributed by atoms with Gasteiger partial charge in [-0.3, -0.25) is 4.90 Å². The van der Waals surface area contributed by atoms with E-state index in [2.05, 4.69) is 23.1 Å². The Hall–Kier alpha value is -2.99. The van der Waals surface area contributed by atoms with Gasteiger partial charge in [0.15, 0.2) is 18.1 Å². The summed E-state index contributed by atoms with van der Waals surface area (Å²) in [7, 11) is 3.34. The average molecular weight is 436 g/mol. The van der Waals surface area contributed by atoms with Gasteiger partial charge >= 0.3 is 5.97 Å². The first-order valence-corrected chi connectivity index (χ1v) is 11.3. The number of carbonyl (C=O) groups excluding carboxylic acids is 1. The van der Waals surface area contributed by atoms with Crippen molar-refractivity contribution in [1.82, 2.24) is 4.90 Å². The largest absolute Gasteiger partial charge is 0.493 e. The molecule has 32 heavy (non-hydrogen) atoms. The summed E-state index contributed by atoms with van der Waals surface area (Å²) in [6.07, 6.45) is 3.57. The fourth-order valence-corrected chi connectivity index (χ4v) is 5.31. The molecule has 1 saturated heterocycles. The van der Waals surface area contributed by atoms with Crippen LogP contribution in [0.4, 0.5) is 0 Å². The molecule has 1 fully saturated rings. The number of methoxy groups -OCH3 is 2. The first-order valence-electron chi connectivity index (χ1n) is 11.3. The van der Waals surface area contributed by atoms with Gasteiger partial charge < -0.3 is 18.9 Å². The highest BCUT2D eigenvalue weighted by atomic mass is 16.6. The minimum atomic E-state index is -0.366. The standard InChI is InChI=1S/C26H29NO5/c1-4-31-26(28)15-32-17-7-8-18-20(11-17)22-13-25(30-3)24(29-2)12-21(22)19-10-16-6-5-9-27(16)14-23(18)19/h7-8,11-13,16H,4-6,9-10,14-15H2,1-3H3/t16-/m0/s1. The molecule has 6 nitrogen and oxygen atoms in total. The Balaban J connectivity index is 1.69. The van der Waals surface area contributed by atoms with E-state index < -0.39 is 0 Å². The van der Waals surface area contributed by atoms with E-state index in [1.54, 1.807) is 21.1 Å². The third-order valence-electron chi connectivity index (χ3n) is 6.78. The second-order valence-corrected chi connectivity index (χ2v) is 8.48. The van der Waals surface area contributed by atoms with Crippen LogP contribution < -0.4 is 14.2 Å². The first kappa shape index (κ1) is 20.9. The van der Waals surface area contributed by atoms with Crippen LogP contribution >= 0.6 is 0 Å². The van der Waals surface area contributed by atoms with E-state index in [9.17, 15) is 4.79 Å². The summed E-state index contributed by atoms with van der Waals surface area (Å²) in [6.45, 7) is 4.15. The number of fused-ring (bicyclic) bond motifs is 7. The number of hydrogen-bond acceptors (Lipinski definition) is 6. The minimum Gasteiger partial charge on any atom is -0.493 e. The number of benzene rings is 3. The lowest BCUT2D eigenvalue weighted by Gasteiger charge is -2.33. The molecular weight excluding hydrogens is 406 g/mol. The van der Waals surface area contributed by atoms with Gasteiger partial charge in [-0.2, -0.15) is 0 Å². The van der Waals surface area contributed by atoms with Gasteiger partial charge in [0.1, 0.15) is 5.75 Å². The number of rotatable bonds is 6. The van der Waals surface area contributed by atoms with E-state index in [0.717, 1.165) is 36.0 Å². The van der Waals surface area contributed by atoms with Crippen LogP contribution in [0.2, 0.25) is 0 Å². The lowest BCUT2D eigenvalue weighted by molar-refractivity contribution is -0.145. The summed E-state index contributed by atoms with van der Waals surface area (Å²) < 4.78 is 22.0. The molecule has 3 aromatic rings. The Kier molecular flexibility index (Phi) is 5.55. The molecule has 0 spiro atoms. The van der Waals surface area contributed by atoms with Crippen molar-refractivity contribution in [2.45, 2.75) is 38.8 Å². The van der Waals surface area contributed by atoms with Crippen LogP contribution in [0.15, 0.2) is 30.3 Å². The molecule has 0 amide bonds. The van der Waals surface area contributed by atoms with Gasteiger partial charge in [-0.05, 0) is 89.7 Å². The Bertz CT molecular complexity index is 1190. The Morgan fingerprint density at radius 2 is 1.75 bits per heavy atom. The topological polar surface area (TPSA) is 57.2 Å². The lowest BCUT2D eigenvalue weighted by Crippen LogP contribution is -2.35. The van der Waals surface area contributed by atoms with Crippen LogP contribution in [0.1, 0.15) is 30.9 Å². The molecule has 3 aromatic carbocycles. The van der Waals surface area contributed by atoms with Crippen molar-refractivity contribution in [3.05, 3.63) is 41.5 Å². The second-order valence-electron chi connectivity index (χ2n) is 8.48. The number of hydrogen-bond donors (Lipinski definition) is 0. The van der Waals surface area contributed by atoms with E-state index in [1.165, 1.54) is 34.7 Å². The molecular formula is C26H29NO5. The lowest BCUT2D eigenvalue weighted by atomic mass is 9.85. The summed E-state index contributed by atoms with van der Waals surface area (Å²) in [5.41, 5.74) is 2.80. The average Bonchev–Trinajstić information content (AvgIpc) is 3.28. The molecule has 0 unspecified atom stereocenters. The highest BCUT2D eigenvalue weighted by Crippen LogP contribution is 2.44. The quantitative estimate of drug-likeness (QED) is 0.421. The van der Waals surface area contributed by atoms with E-state index in [1.807, 2.05) is 12.1 Å². The van der Waals surface area contributed by atoms with Crippen molar-refractivity contribution in [2.75, 3.05) is 34.0 Å². The fourth-order valence-electron chi connectivity index (χ4n) is 5.31. The van der Waals surface area contributed by atoms with Gasteiger partial charge in [0, 0.05) is 12.6 Å². The molecule has 6 heteroatoms. The van der Waals surface area contributed by atoms with Gasteiger partial charge in [-0.1, -0.05) is 6.07 Å². The zero-order valence-corrected chi connectivity index (χ0v) is 18.9. The molecule has 0 aromatic heterocycles. The van der Waals surface area contributed by atoms with E-state index >= 15 is 0 Å². The maximum atomic E-state index is 11.8.